The molecule has 2 aromatic rings. The van der Waals surface area contributed by atoms with Crippen molar-refractivity contribution in [3.05, 3.63) is 53.6 Å². The molecule has 1 atom stereocenters. The fraction of sp³-hybridized carbons (Fsp3) is 0.474. The third-order valence-electron chi connectivity index (χ3n) is 4.85. The molecule has 1 aromatic heterocycles. The molecule has 2 amide bonds. The van der Waals surface area contributed by atoms with Gasteiger partial charge in [-0.05, 0) is 36.8 Å². The number of hydrogen-bond acceptors (Lipinski definition) is 3. The maximum atomic E-state index is 12.9. The van der Waals surface area contributed by atoms with E-state index in [2.05, 4.69) is 28.5 Å². The minimum Gasteiger partial charge on any atom is -0.396 e. The molecular weight excluding hydrogens is 316 g/mol. The number of carbonyl (C=O) groups is 1. The van der Waals surface area contributed by atoms with Gasteiger partial charge >= 0.3 is 6.03 Å². The molecule has 3 rings (SSSR count). The van der Waals surface area contributed by atoms with Crippen LogP contribution in [-0.2, 0) is 20.0 Å². The number of imidazole rings is 1. The van der Waals surface area contributed by atoms with Crippen LogP contribution in [0.15, 0.2) is 36.7 Å². The zero-order chi connectivity index (χ0) is 17.6. The molecule has 0 saturated carbocycles. The van der Waals surface area contributed by atoms with E-state index in [9.17, 15) is 9.90 Å². The molecular formula is C19H26N4O2. The first-order valence-corrected chi connectivity index (χ1v) is 8.90. The van der Waals surface area contributed by atoms with Crippen molar-refractivity contribution in [2.24, 2.45) is 7.05 Å². The monoisotopic (exact) mass is 342 g/mol. The number of nitrogens with zero attached hydrogens (tertiary/aromatic N) is 3. The molecule has 0 fully saturated rings. The summed E-state index contributed by atoms with van der Waals surface area (Å²) in [6.07, 6.45) is 7.26. The zero-order valence-electron chi connectivity index (χ0n) is 14.7. The second kappa shape index (κ2) is 8.16. The Hall–Kier alpha value is -2.34. The summed E-state index contributed by atoms with van der Waals surface area (Å²) in [4.78, 5) is 19.0. The Balaban J connectivity index is 1.75. The van der Waals surface area contributed by atoms with Crippen LogP contribution in [0.2, 0.25) is 0 Å². The van der Waals surface area contributed by atoms with E-state index in [1.165, 1.54) is 11.1 Å². The normalized spacial score (nSPS) is 16.3. The van der Waals surface area contributed by atoms with Crippen molar-refractivity contribution in [2.75, 3.05) is 13.2 Å². The van der Waals surface area contributed by atoms with Crippen LogP contribution in [0.25, 0.3) is 0 Å². The molecule has 1 heterocycles. The lowest BCUT2D eigenvalue weighted by Gasteiger charge is -2.36. The highest BCUT2D eigenvalue weighted by atomic mass is 16.3. The van der Waals surface area contributed by atoms with Crippen molar-refractivity contribution in [3.63, 3.8) is 0 Å². The highest BCUT2D eigenvalue weighted by molar-refractivity contribution is 5.74. The third-order valence-corrected chi connectivity index (χ3v) is 4.85. The fourth-order valence-electron chi connectivity index (χ4n) is 3.52. The molecule has 6 heteroatoms. The Morgan fingerprint density at radius 1 is 1.44 bits per heavy atom. The fourth-order valence-corrected chi connectivity index (χ4v) is 3.52. The average Bonchev–Trinajstić information content (AvgIpc) is 3.05. The van der Waals surface area contributed by atoms with Crippen LogP contribution in [0.4, 0.5) is 4.79 Å². The maximum absolute atomic E-state index is 12.9. The van der Waals surface area contributed by atoms with Crippen molar-refractivity contribution in [1.82, 2.24) is 19.8 Å². The number of hydrogen-bond donors (Lipinski definition) is 2. The number of fused-ring (bicyclic) bond motifs is 1. The molecule has 0 aliphatic heterocycles. The van der Waals surface area contributed by atoms with Crippen molar-refractivity contribution in [3.8, 4) is 0 Å². The highest BCUT2D eigenvalue weighted by Crippen LogP contribution is 2.34. The average molecular weight is 342 g/mol. The summed E-state index contributed by atoms with van der Waals surface area (Å²) in [5, 5.41) is 12.2. The molecule has 0 spiro atoms. The first kappa shape index (κ1) is 17.5. The topological polar surface area (TPSA) is 70.4 Å². The molecule has 0 bridgehead atoms. The number of benzene rings is 1. The minimum atomic E-state index is -0.0989. The number of nitrogens with one attached hydrogen (secondary N) is 1. The third kappa shape index (κ3) is 4.02. The van der Waals surface area contributed by atoms with Gasteiger partial charge in [-0.25, -0.2) is 9.78 Å². The van der Waals surface area contributed by atoms with E-state index in [0.717, 1.165) is 25.1 Å². The second-order valence-electron chi connectivity index (χ2n) is 6.49. The summed E-state index contributed by atoms with van der Waals surface area (Å²) in [5.41, 5.74) is 2.56. The predicted molar refractivity (Wildman–Crippen MR) is 96.0 cm³/mol. The second-order valence-corrected chi connectivity index (χ2v) is 6.49. The molecule has 0 saturated heterocycles. The van der Waals surface area contributed by atoms with Gasteiger partial charge in [-0.1, -0.05) is 24.3 Å². The lowest BCUT2D eigenvalue weighted by Crippen LogP contribution is -2.44. The first-order valence-electron chi connectivity index (χ1n) is 8.90. The molecule has 2 N–H and O–H groups in total. The predicted octanol–water partition coefficient (Wildman–Crippen LogP) is 2.39. The molecule has 1 aliphatic rings. The van der Waals surface area contributed by atoms with E-state index < -0.39 is 0 Å². The summed E-state index contributed by atoms with van der Waals surface area (Å²) in [5.74, 6) is 0.819. The van der Waals surface area contributed by atoms with Gasteiger partial charge in [0.2, 0.25) is 0 Å². The van der Waals surface area contributed by atoms with Gasteiger partial charge in [0.25, 0.3) is 0 Å². The van der Waals surface area contributed by atoms with Gasteiger partial charge in [-0.15, -0.1) is 0 Å². The van der Waals surface area contributed by atoms with Crippen LogP contribution < -0.4 is 5.32 Å². The Labute approximate surface area is 148 Å². The van der Waals surface area contributed by atoms with E-state index in [1.54, 1.807) is 6.20 Å². The summed E-state index contributed by atoms with van der Waals surface area (Å²) in [6, 6.07) is 8.33. The SMILES string of the molecule is Cn1ccnc1CNC(=O)N(CCCO)[C@H]1CCCc2ccccc21. The number of aliphatic hydroxyl groups is 1. The van der Waals surface area contributed by atoms with Crippen molar-refractivity contribution >= 4 is 6.03 Å². The van der Waals surface area contributed by atoms with Crippen LogP contribution in [0.1, 0.15) is 42.3 Å². The number of urea groups is 1. The molecule has 1 aromatic carbocycles. The van der Waals surface area contributed by atoms with Gasteiger partial charge in [-0.3, -0.25) is 0 Å². The number of amides is 2. The Morgan fingerprint density at radius 3 is 3.04 bits per heavy atom. The number of rotatable bonds is 6. The zero-order valence-corrected chi connectivity index (χ0v) is 14.7. The molecule has 0 unspecified atom stereocenters. The molecule has 0 radical (unpaired) electrons. The van der Waals surface area contributed by atoms with Crippen LogP contribution in [0.5, 0.6) is 0 Å². The van der Waals surface area contributed by atoms with Gasteiger partial charge in [0, 0.05) is 32.6 Å². The summed E-state index contributed by atoms with van der Waals surface area (Å²) >= 11 is 0. The lowest BCUT2D eigenvalue weighted by molar-refractivity contribution is 0.157. The van der Waals surface area contributed by atoms with E-state index in [4.69, 9.17) is 0 Å². The van der Waals surface area contributed by atoms with Gasteiger partial charge < -0.3 is 19.9 Å². The van der Waals surface area contributed by atoms with Crippen LogP contribution in [0.3, 0.4) is 0 Å². The first-order chi connectivity index (χ1) is 12.2. The quantitative estimate of drug-likeness (QED) is 0.847. The van der Waals surface area contributed by atoms with Crippen LogP contribution in [0, 0.1) is 0 Å². The summed E-state index contributed by atoms with van der Waals surface area (Å²) < 4.78 is 1.90. The van der Waals surface area contributed by atoms with Gasteiger partial charge in [0.05, 0.1) is 12.6 Å². The highest BCUT2D eigenvalue weighted by Gasteiger charge is 2.28. The smallest absolute Gasteiger partial charge is 0.318 e. The van der Waals surface area contributed by atoms with Gasteiger partial charge in [0.15, 0.2) is 0 Å². The maximum Gasteiger partial charge on any atom is 0.318 e. The number of aromatic nitrogens is 2. The molecule has 6 nitrogen and oxygen atoms in total. The number of carbonyl (C=O) groups excluding carboxylic acids is 1. The largest absolute Gasteiger partial charge is 0.396 e. The van der Waals surface area contributed by atoms with E-state index in [1.807, 2.05) is 28.8 Å². The molecule has 25 heavy (non-hydrogen) atoms. The Bertz CT molecular complexity index is 713. The number of aryl methyl sites for hydroxylation is 2. The standard InChI is InChI=1S/C19H26N4O2/c1-22-12-10-20-18(22)14-21-19(25)23(11-5-13-24)17-9-4-7-15-6-2-3-8-16(15)17/h2-3,6,8,10,12,17,24H,4-5,7,9,11,13-14H2,1H3,(H,21,25)/t17-/m0/s1. The molecule has 134 valence electrons. The van der Waals surface area contributed by atoms with Crippen molar-refractivity contribution in [1.29, 1.82) is 0 Å². The lowest BCUT2D eigenvalue weighted by atomic mass is 9.87. The van der Waals surface area contributed by atoms with Crippen LogP contribution >= 0.6 is 0 Å². The van der Waals surface area contributed by atoms with E-state index in [0.29, 0.717) is 19.5 Å². The van der Waals surface area contributed by atoms with Gasteiger partial charge in [0.1, 0.15) is 5.82 Å². The van der Waals surface area contributed by atoms with Crippen LogP contribution in [-0.4, -0.2) is 38.7 Å². The number of aliphatic hydroxyl groups excluding tert-OH is 1. The summed E-state index contributed by atoms with van der Waals surface area (Å²) in [7, 11) is 1.91. The Morgan fingerprint density at radius 2 is 2.28 bits per heavy atom. The van der Waals surface area contributed by atoms with Gasteiger partial charge in [-0.2, -0.15) is 0 Å². The van der Waals surface area contributed by atoms with E-state index in [-0.39, 0.29) is 18.7 Å². The Kier molecular flexibility index (Phi) is 5.71. The molecule has 1 aliphatic carbocycles. The van der Waals surface area contributed by atoms with Crippen molar-refractivity contribution < 1.29 is 9.90 Å². The van der Waals surface area contributed by atoms with Crippen molar-refractivity contribution in [2.45, 2.75) is 38.3 Å². The van der Waals surface area contributed by atoms with E-state index >= 15 is 0 Å². The summed E-state index contributed by atoms with van der Waals surface area (Å²) in [6.45, 7) is 1.02. The minimum absolute atomic E-state index is 0.0675.